The van der Waals surface area contributed by atoms with E-state index in [1.54, 1.807) is 24.3 Å². The van der Waals surface area contributed by atoms with Gasteiger partial charge in [-0.3, -0.25) is 4.79 Å². The summed E-state index contributed by atoms with van der Waals surface area (Å²) in [5, 5.41) is 2.86. The Bertz CT molecular complexity index is 1100. The Labute approximate surface area is 185 Å². The van der Waals surface area contributed by atoms with Gasteiger partial charge in [0, 0.05) is 16.9 Å². The Morgan fingerprint density at radius 3 is 2.23 bits per heavy atom. The van der Waals surface area contributed by atoms with Gasteiger partial charge in [0.15, 0.2) is 0 Å². The molecular formula is C23H23BrN2O3S. The van der Waals surface area contributed by atoms with Crippen molar-refractivity contribution in [3.8, 4) is 0 Å². The van der Waals surface area contributed by atoms with Crippen molar-refractivity contribution in [1.29, 1.82) is 0 Å². The molecule has 0 bridgehead atoms. The molecule has 0 fully saturated rings. The monoisotopic (exact) mass is 486 g/mol. The fourth-order valence-electron chi connectivity index (χ4n) is 2.98. The van der Waals surface area contributed by atoms with E-state index in [0.29, 0.717) is 12.8 Å². The lowest BCUT2D eigenvalue weighted by Gasteiger charge is -2.15. The molecular weight excluding hydrogens is 464 g/mol. The van der Waals surface area contributed by atoms with Gasteiger partial charge in [0.25, 0.3) is 0 Å². The van der Waals surface area contributed by atoms with Crippen LogP contribution in [0.1, 0.15) is 30.5 Å². The van der Waals surface area contributed by atoms with Gasteiger partial charge in [-0.05, 0) is 64.7 Å². The van der Waals surface area contributed by atoms with Crippen molar-refractivity contribution in [3.05, 3.63) is 94.5 Å². The van der Waals surface area contributed by atoms with Crippen LogP contribution in [-0.4, -0.2) is 14.3 Å². The number of carbonyl (C=O) groups is 1. The first kappa shape index (κ1) is 22.2. The summed E-state index contributed by atoms with van der Waals surface area (Å²) >= 11 is 3.40. The summed E-state index contributed by atoms with van der Waals surface area (Å²) in [6.07, 6.45) is 0.821. The molecule has 0 spiro atoms. The summed E-state index contributed by atoms with van der Waals surface area (Å²) in [6.45, 7) is 1.81. The number of halogens is 1. The highest BCUT2D eigenvalue weighted by atomic mass is 79.9. The Morgan fingerprint density at radius 2 is 1.57 bits per heavy atom. The van der Waals surface area contributed by atoms with E-state index in [9.17, 15) is 13.2 Å². The molecule has 1 amide bonds. The summed E-state index contributed by atoms with van der Waals surface area (Å²) < 4.78 is 28.8. The van der Waals surface area contributed by atoms with E-state index in [1.807, 2.05) is 61.5 Å². The van der Waals surface area contributed by atoms with E-state index >= 15 is 0 Å². The molecule has 5 nitrogen and oxygen atoms in total. The molecule has 0 radical (unpaired) electrons. The maximum absolute atomic E-state index is 12.6. The largest absolute Gasteiger partial charge is 0.325 e. The average molecular weight is 487 g/mol. The maximum Gasteiger partial charge on any atom is 0.241 e. The third kappa shape index (κ3) is 6.01. The predicted molar refractivity (Wildman–Crippen MR) is 123 cm³/mol. The van der Waals surface area contributed by atoms with Crippen LogP contribution in [0.2, 0.25) is 0 Å². The normalized spacial score (nSPS) is 12.3. The third-order valence-electron chi connectivity index (χ3n) is 4.65. The number of hydrogen-bond acceptors (Lipinski definition) is 3. The van der Waals surface area contributed by atoms with Crippen molar-refractivity contribution >= 4 is 37.5 Å². The summed E-state index contributed by atoms with van der Waals surface area (Å²) in [7, 11) is -3.64. The fraction of sp³-hybridized carbons (Fsp3) is 0.174. The minimum Gasteiger partial charge on any atom is -0.325 e. The summed E-state index contributed by atoms with van der Waals surface area (Å²) in [5.41, 5.74) is 2.52. The van der Waals surface area contributed by atoms with Crippen LogP contribution < -0.4 is 10.0 Å². The highest BCUT2D eigenvalue weighted by molar-refractivity contribution is 9.10. The zero-order valence-electron chi connectivity index (χ0n) is 16.5. The molecule has 30 heavy (non-hydrogen) atoms. The number of hydrogen-bond donors (Lipinski definition) is 2. The number of para-hydroxylation sites is 1. The fourth-order valence-corrected chi connectivity index (χ4v) is 4.59. The van der Waals surface area contributed by atoms with Crippen LogP contribution in [-0.2, 0) is 21.2 Å². The molecule has 7 heteroatoms. The molecule has 0 unspecified atom stereocenters. The Balaban J connectivity index is 1.57. The van der Waals surface area contributed by atoms with E-state index in [-0.39, 0.29) is 16.8 Å². The molecule has 0 saturated carbocycles. The van der Waals surface area contributed by atoms with E-state index < -0.39 is 10.0 Å². The summed E-state index contributed by atoms with van der Waals surface area (Å²) in [4.78, 5) is 12.4. The van der Waals surface area contributed by atoms with Gasteiger partial charge >= 0.3 is 0 Å². The third-order valence-corrected chi connectivity index (χ3v) is 6.90. The standard InChI is InChI=1S/C23H23BrN2O3S/c1-17(19-7-3-2-4-8-19)26-30(28,29)20-14-11-18(12-15-20)13-16-23(27)25-22-10-6-5-9-21(22)24/h2-12,14-15,17,26H,13,16H2,1H3,(H,25,27)/t17-/m0/s1. The van der Waals surface area contributed by atoms with Crippen molar-refractivity contribution in [2.24, 2.45) is 0 Å². The minimum atomic E-state index is -3.64. The number of anilines is 1. The Hall–Kier alpha value is -2.48. The molecule has 1 atom stereocenters. The topological polar surface area (TPSA) is 75.3 Å². The van der Waals surface area contributed by atoms with Crippen molar-refractivity contribution in [3.63, 3.8) is 0 Å². The minimum absolute atomic E-state index is 0.100. The number of rotatable bonds is 8. The van der Waals surface area contributed by atoms with Crippen molar-refractivity contribution < 1.29 is 13.2 Å². The van der Waals surface area contributed by atoms with E-state index in [1.165, 1.54) is 0 Å². The van der Waals surface area contributed by atoms with Crippen molar-refractivity contribution in [1.82, 2.24) is 4.72 Å². The first-order valence-corrected chi connectivity index (χ1v) is 11.8. The number of nitrogens with one attached hydrogen (secondary N) is 2. The lowest BCUT2D eigenvalue weighted by atomic mass is 10.1. The summed E-state index contributed by atoms with van der Waals surface area (Å²) in [5.74, 6) is -0.100. The molecule has 0 aliphatic carbocycles. The molecule has 3 aromatic rings. The second-order valence-electron chi connectivity index (χ2n) is 6.93. The van der Waals surface area contributed by atoms with Gasteiger partial charge in [-0.25, -0.2) is 13.1 Å². The van der Waals surface area contributed by atoms with Crippen LogP contribution in [0.15, 0.2) is 88.2 Å². The molecule has 3 aromatic carbocycles. The maximum atomic E-state index is 12.6. The van der Waals surface area contributed by atoms with Gasteiger partial charge in [0.2, 0.25) is 15.9 Å². The molecule has 0 saturated heterocycles. The summed E-state index contributed by atoms with van der Waals surface area (Å²) in [6, 6.07) is 23.1. The predicted octanol–water partition coefficient (Wildman–Crippen LogP) is 5.06. The highest BCUT2D eigenvalue weighted by Crippen LogP contribution is 2.22. The number of amides is 1. The second-order valence-corrected chi connectivity index (χ2v) is 9.49. The van der Waals surface area contributed by atoms with Crippen LogP contribution in [0.5, 0.6) is 0 Å². The smallest absolute Gasteiger partial charge is 0.241 e. The zero-order chi connectivity index (χ0) is 21.6. The first-order valence-electron chi connectivity index (χ1n) is 9.56. The van der Waals surface area contributed by atoms with Gasteiger partial charge in [-0.1, -0.05) is 54.6 Å². The van der Waals surface area contributed by atoms with Gasteiger partial charge in [0.1, 0.15) is 0 Å². The van der Waals surface area contributed by atoms with Crippen molar-refractivity contribution in [2.75, 3.05) is 5.32 Å². The molecule has 2 N–H and O–H groups in total. The number of benzene rings is 3. The van der Waals surface area contributed by atoms with Crippen LogP contribution in [0.25, 0.3) is 0 Å². The molecule has 0 aromatic heterocycles. The molecule has 0 aliphatic heterocycles. The van der Waals surface area contributed by atoms with E-state index in [2.05, 4.69) is 26.0 Å². The average Bonchev–Trinajstić information content (AvgIpc) is 2.74. The Kier molecular flexibility index (Phi) is 7.42. The van der Waals surface area contributed by atoms with Crippen LogP contribution in [0.3, 0.4) is 0 Å². The quantitative estimate of drug-likeness (QED) is 0.467. The lowest BCUT2D eigenvalue weighted by Crippen LogP contribution is -2.26. The van der Waals surface area contributed by atoms with Gasteiger partial charge in [0.05, 0.1) is 10.6 Å². The Morgan fingerprint density at radius 1 is 0.933 bits per heavy atom. The molecule has 0 heterocycles. The zero-order valence-corrected chi connectivity index (χ0v) is 18.9. The van der Waals surface area contributed by atoms with Gasteiger partial charge in [-0.15, -0.1) is 0 Å². The number of aryl methyl sites for hydroxylation is 1. The number of carbonyl (C=O) groups excluding carboxylic acids is 1. The molecule has 0 aliphatic rings. The molecule has 156 valence electrons. The molecule has 3 rings (SSSR count). The van der Waals surface area contributed by atoms with E-state index in [4.69, 9.17) is 0 Å². The van der Waals surface area contributed by atoms with Crippen LogP contribution in [0.4, 0.5) is 5.69 Å². The van der Waals surface area contributed by atoms with Gasteiger partial charge in [-0.2, -0.15) is 0 Å². The second kappa shape index (κ2) is 10.0. The van der Waals surface area contributed by atoms with Crippen LogP contribution in [0, 0.1) is 0 Å². The SMILES string of the molecule is C[C@H](NS(=O)(=O)c1ccc(CCC(=O)Nc2ccccc2Br)cc1)c1ccccc1. The lowest BCUT2D eigenvalue weighted by molar-refractivity contribution is -0.116. The first-order chi connectivity index (χ1) is 14.3. The number of sulfonamides is 1. The van der Waals surface area contributed by atoms with Crippen LogP contribution >= 0.6 is 15.9 Å². The van der Waals surface area contributed by atoms with Crippen molar-refractivity contribution in [2.45, 2.75) is 30.7 Å². The highest BCUT2D eigenvalue weighted by Gasteiger charge is 2.18. The van der Waals surface area contributed by atoms with E-state index in [0.717, 1.165) is 21.3 Å². The van der Waals surface area contributed by atoms with Gasteiger partial charge < -0.3 is 5.32 Å².